The summed E-state index contributed by atoms with van der Waals surface area (Å²) in [6.07, 6.45) is 7.39. The standard InChI is InChI=1S/C16H19N3O2/c20-11-16(6-1-2-7-16)10-19-15(21)12-4-3-5-13-14(12)18-9-8-17-13/h3-5,8-9,20H,1-2,6-7,10-11H2,(H,19,21). The second kappa shape index (κ2) is 5.77. The van der Waals surface area contributed by atoms with Gasteiger partial charge in [0.1, 0.15) is 5.52 Å². The summed E-state index contributed by atoms with van der Waals surface area (Å²) >= 11 is 0. The minimum atomic E-state index is -0.152. The van der Waals surface area contributed by atoms with Gasteiger partial charge in [0.25, 0.3) is 5.91 Å². The van der Waals surface area contributed by atoms with E-state index in [-0.39, 0.29) is 17.9 Å². The molecule has 5 nitrogen and oxygen atoms in total. The number of aliphatic hydroxyl groups excluding tert-OH is 1. The van der Waals surface area contributed by atoms with Gasteiger partial charge in [-0.1, -0.05) is 18.9 Å². The lowest BCUT2D eigenvalue weighted by Gasteiger charge is -2.26. The van der Waals surface area contributed by atoms with Gasteiger partial charge in [-0.15, -0.1) is 0 Å². The Labute approximate surface area is 123 Å². The number of para-hydroxylation sites is 1. The number of carbonyl (C=O) groups is 1. The van der Waals surface area contributed by atoms with Crippen LogP contribution >= 0.6 is 0 Å². The average molecular weight is 285 g/mol. The number of carbonyl (C=O) groups excluding carboxylic acids is 1. The van der Waals surface area contributed by atoms with Gasteiger partial charge in [0.05, 0.1) is 17.7 Å². The zero-order valence-corrected chi connectivity index (χ0v) is 11.9. The first-order valence-corrected chi connectivity index (χ1v) is 7.33. The van der Waals surface area contributed by atoms with Gasteiger partial charge in [-0.25, -0.2) is 0 Å². The van der Waals surface area contributed by atoms with Crippen LogP contribution in [0.2, 0.25) is 0 Å². The number of nitrogens with zero attached hydrogens (tertiary/aromatic N) is 2. The van der Waals surface area contributed by atoms with Gasteiger partial charge in [0, 0.05) is 24.4 Å². The summed E-state index contributed by atoms with van der Waals surface area (Å²) in [5, 5.41) is 12.6. The normalized spacial score (nSPS) is 17.0. The van der Waals surface area contributed by atoms with Crippen LogP contribution in [0.5, 0.6) is 0 Å². The van der Waals surface area contributed by atoms with Gasteiger partial charge in [-0.05, 0) is 25.0 Å². The lowest BCUT2D eigenvalue weighted by atomic mass is 9.87. The highest BCUT2D eigenvalue weighted by molar-refractivity contribution is 6.04. The predicted molar refractivity (Wildman–Crippen MR) is 79.9 cm³/mol. The number of aliphatic hydroxyl groups is 1. The molecule has 0 unspecified atom stereocenters. The van der Waals surface area contributed by atoms with Crippen molar-refractivity contribution >= 4 is 16.9 Å². The molecule has 3 rings (SSSR count). The fraction of sp³-hybridized carbons (Fsp3) is 0.438. The molecule has 0 bridgehead atoms. The molecule has 2 N–H and O–H groups in total. The topological polar surface area (TPSA) is 75.1 Å². The Kier molecular flexibility index (Phi) is 3.84. The van der Waals surface area contributed by atoms with Crippen molar-refractivity contribution in [1.29, 1.82) is 0 Å². The van der Waals surface area contributed by atoms with Gasteiger partial charge >= 0.3 is 0 Å². The minimum absolute atomic E-state index is 0.128. The van der Waals surface area contributed by atoms with Crippen LogP contribution in [0.1, 0.15) is 36.0 Å². The first-order valence-electron chi connectivity index (χ1n) is 7.33. The van der Waals surface area contributed by atoms with Crippen LogP contribution in [0.4, 0.5) is 0 Å². The SMILES string of the molecule is O=C(NCC1(CO)CCCC1)c1cccc2nccnc12. The second-order valence-corrected chi connectivity index (χ2v) is 5.78. The van der Waals surface area contributed by atoms with E-state index in [0.29, 0.717) is 23.1 Å². The smallest absolute Gasteiger partial charge is 0.253 e. The van der Waals surface area contributed by atoms with Gasteiger partial charge < -0.3 is 10.4 Å². The van der Waals surface area contributed by atoms with E-state index in [1.54, 1.807) is 18.5 Å². The molecule has 1 aliphatic rings. The maximum atomic E-state index is 12.4. The Morgan fingerprint density at radius 3 is 2.76 bits per heavy atom. The summed E-state index contributed by atoms with van der Waals surface area (Å²) in [6, 6.07) is 5.40. The third-order valence-electron chi connectivity index (χ3n) is 4.37. The van der Waals surface area contributed by atoms with Crippen LogP contribution in [-0.2, 0) is 0 Å². The van der Waals surface area contributed by atoms with Gasteiger partial charge in [-0.2, -0.15) is 0 Å². The van der Waals surface area contributed by atoms with E-state index in [1.165, 1.54) is 0 Å². The molecule has 1 aromatic heterocycles. The molecule has 21 heavy (non-hydrogen) atoms. The largest absolute Gasteiger partial charge is 0.396 e. The third kappa shape index (κ3) is 2.74. The molecule has 0 aliphatic heterocycles. The molecule has 1 fully saturated rings. The zero-order chi connectivity index (χ0) is 14.7. The van der Waals surface area contributed by atoms with Crippen LogP contribution in [0.25, 0.3) is 11.0 Å². The Bertz CT molecular complexity index is 646. The highest BCUT2D eigenvalue weighted by atomic mass is 16.3. The second-order valence-electron chi connectivity index (χ2n) is 5.78. The molecule has 5 heteroatoms. The van der Waals surface area contributed by atoms with E-state index in [1.807, 2.05) is 12.1 Å². The highest BCUT2D eigenvalue weighted by Gasteiger charge is 2.33. The number of benzene rings is 1. The van der Waals surface area contributed by atoms with Crippen molar-refractivity contribution in [2.45, 2.75) is 25.7 Å². The molecule has 1 aliphatic carbocycles. The Hall–Kier alpha value is -2.01. The number of fused-ring (bicyclic) bond motifs is 1. The van der Waals surface area contributed by atoms with Crippen molar-refractivity contribution in [3.63, 3.8) is 0 Å². The summed E-state index contributed by atoms with van der Waals surface area (Å²) in [7, 11) is 0. The predicted octanol–water partition coefficient (Wildman–Crippen LogP) is 1.91. The Balaban J connectivity index is 1.78. The maximum Gasteiger partial charge on any atom is 0.253 e. The van der Waals surface area contributed by atoms with Crippen LogP contribution in [0.15, 0.2) is 30.6 Å². The number of aromatic nitrogens is 2. The lowest BCUT2D eigenvalue weighted by molar-refractivity contribution is 0.0882. The van der Waals surface area contributed by atoms with E-state index in [0.717, 1.165) is 25.7 Å². The number of hydrogen-bond acceptors (Lipinski definition) is 4. The van der Waals surface area contributed by atoms with Crippen molar-refractivity contribution in [3.8, 4) is 0 Å². The fourth-order valence-electron chi connectivity index (χ4n) is 3.05. The van der Waals surface area contributed by atoms with Crippen molar-refractivity contribution in [2.75, 3.05) is 13.2 Å². The van der Waals surface area contributed by atoms with E-state index in [4.69, 9.17) is 0 Å². The van der Waals surface area contributed by atoms with E-state index < -0.39 is 0 Å². The summed E-state index contributed by atoms with van der Waals surface area (Å²) in [6.45, 7) is 0.640. The fourth-order valence-corrected chi connectivity index (χ4v) is 3.05. The van der Waals surface area contributed by atoms with Crippen molar-refractivity contribution in [1.82, 2.24) is 15.3 Å². The first kappa shape index (κ1) is 13.9. The molecule has 1 amide bonds. The lowest BCUT2D eigenvalue weighted by Crippen LogP contribution is -2.38. The van der Waals surface area contributed by atoms with E-state index in [9.17, 15) is 9.90 Å². The van der Waals surface area contributed by atoms with Crippen LogP contribution in [0.3, 0.4) is 0 Å². The highest BCUT2D eigenvalue weighted by Crippen LogP contribution is 2.36. The molecular weight excluding hydrogens is 266 g/mol. The van der Waals surface area contributed by atoms with Crippen LogP contribution in [-0.4, -0.2) is 34.1 Å². The van der Waals surface area contributed by atoms with Crippen molar-refractivity contribution in [2.24, 2.45) is 5.41 Å². The molecular formula is C16H19N3O2. The molecule has 0 atom stereocenters. The molecule has 0 radical (unpaired) electrons. The van der Waals surface area contributed by atoms with E-state index in [2.05, 4.69) is 15.3 Å². The molecule has 0 spiro atoms. The minimum Gasteiger partial charge on any atom is -0.396 e. The Morgan fingerprint density at radius 2 is 2.00 bits per heavy atom. The summed E-state index contributed by atoms with van der Waals surface area (Å²) in [4.78, 5) is 20.9. The molecule has 2 aromatic rings. The zero-order valence-electron chi connectivity index (χ0n) is 11.9. The number of nitrogens with one attached hydrogen (secondary N) is 1. The number of hydrogen-bond donors (Lipinski definition) is 2. The summed E-state index contributed by atoms with van der Waals surface area (Å²) < 4.78 is 0. The molecule has 110 valence electrons. The maximum absolute atomic E-state index is 12.4. The van der Waals surface area contributed by atoms with E-state index >= 15 is 0 Å². The molecule has 1 aromatic carbocycles. The van der Waals surface area contributed by atoms with Crippen molar-refractivity contribution < 1.29 is 9.90 Å². The Morgan fingerprint density at radius 1 is 1.24 bits per heavy atom. The quantitative estimate of drug-likeness (QED) is 0.900. The van der Waals surface area contributed by atoms with Gasteiger partial charge in [0.2, 0.25) is 0 Å². The van der Waals surface area contributed by atoms with Crippen molar-refractivity contribution in [3.05, 3.63) is 36.2 Å². The monoisotopic (exact) mass is 285 g/mol. The molecule has 0 saturated heterocycles. The van der Waals surface area contributed by atoms with Crippen LogP contribution < -0.4 is 5.32 Å². The molecule has 1 saturated carbocycles. The first-order chi connectivity index (χ1) is 10.2. The van der Waals surface area contributed by atoms with Crippen LogP contribution in [0, 0.1) is 5.41 Å². The number of amides is 1. The van der Waals surface area contributed by atoms with Gasteiger partial charge in [-0.3, -0.25) is 14.8 Å². The van der Waals surface area contributed by atoms with Gasteiger partial charge in [0.15, 0.2) is 0 Å². The summed E-state index contributed by atoms with van der Waals surface area (Å²) in [5.74, 6) is -0.152. The average Bonchev–Trinajstić information content (AvgIpc) is 3.01. The number of rotatable bonds is 4. The summed E-state index contributed by atoms with van der Waals surface area (Å²) in [5.41, 5.74) is 1.71. The third-order valence-corrected chi connectivity index (χ3v) is 4.37. The molecule has 1 heterocycles.